The normalized spacial score (nSPS) is 15.8. The van der Waals surface area contributed by atoms with Gasteiger partial charge in [-0.3, -0.25) is 4.79 Å². The van der Waals surface area contributed by atoms with E-state index in [0.717, 1.165) is 12.1 Å². The summed E-state index contributed by atoms with van der Waals surface area (Å²) in [7, 11) is 1.69. The number of hydrogen-bond donors (Lipinski definition) is 1. The Balaban J connectivity index is 1.79. The van der Waals surface area contributed by atoms with Crippen LogP contribution >= 0.6 is 0 Å². The van der Waals surface area contributed by atoms with Crippen molar-refractivity contribution in [2.75, 3.05) is 25.0 Å². The van der Waals surface area contributed by atoms with Crippen LogP contribution in [0.25, 0.3) is 0 Å². The average molecular weight is 296 g/mol. The van der Waals surface area contributed by atoms with Gasteiger partial charge >= 0.3 is 0 Å². The number of benzene rings is 1. The van der Waals surface area contributed by atoms with Crippen molar-refractivity contribution in [1.29, 1.82) is 0 Å². The number of carbonyl (C=O) groups is 1. The van der Waals surface area contributed by atoms with Crippen molar-refractivity contribution >= 4 is 11.6 Å². The second-order valence-electron chi connectivity index (χ2n) is 5.76. The third-order valence-corrected chi connectivity index (χ3v) is 4.04. The van der Waals surface area contributed by atoms with Gasteiger partial charge in [-0.05, 0) is 30.9 Å². The molecule has 1 aliphatic rings. The van der Waals surface area contributed by atoms with Crippen molar-refractivity contribution in [2.45, 2.75) is 32.1 Å². The molecule has 0 unspecified atom stereocenters. The zero-order valence-electron chi connectivity index (χ0n) is 12.4. The second kappa shape index (κ2) is 7.38. The summed E-state index contributed by atoms with van der Waals surface area (Å²) in [5.41, 5.74) is 0.488. The van der Waals surface area contributed by atoms with Gasteiger partial charge in [0.1, 0.15) is 0 Å². The van der Waals surface area contributed by atoms with Crippen LogP contribution in [0.2, 0.25) is 0 Å². The Bertz CT molecular complexity index is 487. The van der Waals surface area contributed by atoms with E-state index in [1.54, 1.807) is 11.9 Å². The molecule has 1 aromatic rings. The lowest BCUT2D eigenvalue weighted by atomic mass is 9.89. The number of halogens is 2. The minimum Gasteiger partial charge on any atom is -0.365 e. The molecular weight excluding hydrogens is 274 g/mol. The molecule has 3 nitrogen and oxygen atoms in total. The topological polar surface area (TPSA) is 32.3 Å². The van der Waals surface area contributed by atoms with Crippen LogP contribution in [0.3, 0.4) is 0 Å². The van der Waals surface area contributed by atoms with Crippen LogP contribution in [0.15, 0.2) is 18.2 Å². The molecule has 21 heavy (non-hydrogen) atoms. The smallest absolute Gasteiger partial charge is 0.239 e. The number of amides is 1. The average Bonchev–Trinajstić information content (AvgIpc) is 2.49. The van der Waals surface area contributed by atoms with Crippen molar-refractivity contribution in [2.24, 2.45) is 5.92 Å². The lowest BCUT2D eigenvalue weighted by molar-refractivity contribution is -0.119. The molecule has 0 heterocycles. The number of nitrogens with zero attached hydrogens (tertiary/aromatic N) is 1. The number of hydrogen-bond acceptors (Lipinski definition) is 2. The summed E-state index contributed by atoms with van der Waals surface area (Å²) in [4.78, 5) is 13.5. The Kier molecular flexibility index (Phi) is 5.53. The van der Waals surface area contributed by atoms with E-state index in [9.17, 15) is 13.6 Å². The molecule has 0 spiro atoms. The van der Waals surface area contributed by atoms with Crippen LogP contribution in [-0.2, 0) is 4.79 Å². The predicted octanol–water partition coefficient (Wildman–Crippen LogP) is 3.10. The van der Waals surface area contributed by atoms with Crippen LogP contribution < -0.4 is 10.2 Å². The largest absolute Gasteiger partial charge is 0.365 e. The van der Waals surface area contributed by atoms with Gasteiger partial charge in [0.15, 0.2) is 11.6 Å². The molecule has 0 bridgehead atoms. The lowest BCUT2D eigenvalue weighted by Gasteiger charge is -2.23. The molecule has 1 aliphatic carbocycles. The van der Waals surface area contributed by atoms with E-state index < -0.39 is 11.6 Å². The minimum absolute atomic E-state index is 0.0900. The number of carbonyl (C=O) groups excluding carboxylic acids is 1. The van der Waals surface area contributed by atoms with Gasteiger partial charge in [-0.25, -0.2) is 8.78 Å². The van der Waals surface area contributed by atoms with Crippen molar-refractivity contribution in [3.8, 4) is 0 Å². The molecule has 0 aliphatic heterocycles. The van der Waals surface area contributed by atoms with E-state index in [1.807, 2.05) is 0 Å². The maximum atomic E-state index is 13.2. The Hall–Kier alpha value is -1.65. The number of anilines is 1. The summed E-state index contributed by atoms with van der Waals surface area (Å²) >= 11 is 0. The molecule has 1 fully saturated rings. The first-order chi connectivity index (χ1) is 10.1. The van der Waals surface area contributed by atoms with Crippen LogP contribution in [0.5, 0.6) is 0 Å². The Labute approximate surface area is 124 Å². The fourth-order valence-corrected chi connectivity index (χ4v) is 2.73. The van der Waals surface area contributed by atoms with Crippen molar-refractivity contribution < 1.29 is 13.6 Å². The number of rotatable bonds is 5. The standard InChI is InChI=1S/C16H22F2N2O/c1-20(13-7-8-14(17)15(18)9-13)11-16(21)19-10-12-5-3-2-4-6-12/h7-9,12H,2-6,10-11H2,1H3,(H,19,21). The summed E-state index contributed by atoms with van der Waals surface area (Å²) in [5.74, 6) is -1.29. The molecule has 2 rings (SSSR count). The summed E-state index contributed by atoms with van der Waals surface area (Å²) < 4.78 is 26.0. The first-order valence-corrected chi connectivity index (χ1v) is 7.49. The van der Waals surface area contributed by atoms with Gasteiger partial charge in [-0.1, -0.05) is 19.3 Å². The van der Waals surface area contributed by atoms with E-state index in [2.05, 4.69) is 5.32 Å². The molecule has 0 saturated heterocycles. The first-order valence-electron chi connectivity index (χ1n) is 7.49. The maximum Gasteiger partial charge on any atom is 0.239 e. The van der Waals surface area contributed by atoms with Crippen molar-refractivity contribution in [1.82, 2.24) is 5.32 Å². The third-order valence-electron chi connectivity index (χ3n) is 4.04. The molecule has 0 aromatic heterocycles. The SMILES string of the molecule is CN(CC(=O)NCC1CCCCC1)c1ccc(F)c(F)c1. The second-order valence-corrected chi connectivity index (χ2v) is 5.76. The molecule has 1 amide bonds. The van der Waals surface area contributed by atoms with Gasteiger partial charge in [0.05, 0.1) is 6.54 Å². The van der Waals surface area contributed by atoms with Gasteiger partial charge < -0.3 is 10.2 Å². The maximum absolute atomic E-state index is 13.2. The fraction of sp³-hybridized carbons (Fsp3) is 0.562. The summed E-state index contributed by atoms with van der Waals surface area (Å²) in [6.45, 7) is 0.849. The highest BCUT2D eigenvalue weighted by Crippen LogP contribution is 2.22. The number of nitrogens with one attached hydrogen (secondary N) is 1. The highest BCUT2D eigenvalue weighted by molar-refractivity contribution is 5.81. The van der Waals surface area contributed by atoms with Gasteiger partial charge in [-0.2, -0.15) is 0 Å². The third kappa shape index (κ3) is 4.69. The zero-order chi connectivity index (χ0) is 15.2. The van der Waals surface area contributed by atoms with Gasteiger partial charge in [-0.15, -0.1) is 0 Å². The van der Waals surface area contributed by atoms with Crippen LogP contribution in [0.1, 0.15) is 32.1 Å². The lowest BCUT2D eigenvalue weighted by Crippen LogP contribution is -2.38. The van der Waals surface area contributed by atoms with E-state index in [-0.39, 0.29) is 12.5 Å². The van der Waals surface area contributed by atoms with E-state index in [1.165, 1.54) is 38.2 Å². The molecule has 116 valence electrons. The molecule has 0 radical (unpaired) electrons. The highest BCUT2D eigenvalue weighted by atomic mass is 19.2. The van der Waals surface area contributed by atoms with E-state index in [4.69, 9.17) is 0 Å². The van der Waals surface area contributed by atoms with Gasteiger partial charge in [0.2, 0.25) is 5.91 Å². The molecule has 1 N–H and O–H groups in total. The summed E-state index contributed by atoms with van der Waals surface area (Å²) in [5, 5.41) is 2.93. The molecule has 5 heteroatoms. The number of likely N-dealkylation sites (N-methyl/N-ethyl adjacent to an activating group) is 1. The van der Waals surface area contributed by atoms with Crippen molar-refractivity contribution in [3.63, 3.8) is 0 Å². The minimum atomic E-state index is -0.901. The Morgan fingerprint density at radius 3 is 2.62 bits per heavy atom. The van der Waals surface area contributed by atoms with Crippen LogP contribution in [-0.4, -0.2) is 26.0 Å². The van der Waals surface area contributed by atoms with Gasteiger partial charge in [0.25, 0.3) is 0 Å². The van der Waals surface area contributed by atoms with Gasteiger partial charge in [0, 0.05) is 25.3 Å². The molecule has 1 saturated carbocycles. The van der Waals surface area contributed by atoms with Crippen molar-refractivity contribution in [3.05, 3.63) is 29.8 Å². The fourth-order valence-electron chi connectivity index (χ4n) is 2.73. The quantitative estimate of drug-likeness (QED) is 0.905. The summed E-state index contributed by atoms with van der Waals surface area (Å²) in [6.07, 6.45) is 6.15. The molecule has 1 aromatic carbocycles. The molecular formula is C16H22F2N2O. The predicted molar refractivity (Wildman–Crippen MR) is 79.2 cm³/mol. The highest BCUT2D eigenvalue weighted by Gasteiger charge is 2.15. The van der Waals surface area contributed by atoms with E-state index in [0.29, 0.717) is 18.2 Å². The summed E-state index contributed by atoms with van der Waals surface area (Å²) in [6, 6.07) is 3.64. The monoisotopic (exact) mass is 296 g/mol. The van der Waals surface area contributed by atoms with E-state index >= 15 is 0 Å². The first kappa shape index (κ1) is 15.7. The Morgan fingerprint density at radius 1 is 1.24 bits per heavy atom. The van der Waals surface area contributed by atoms with Crippen LogP contribution in [0, 0.1) is 17.6 Å². The molecule has 0 atom stereocenters. The van der Waals surface area contributed by atoms with Crippen LogP contribution in [0.4, 0.5) is 14.5 Å². The zero-order valence-corrected chi connectivity index (χ0v) is 12.4. The Morgan fingerprint density at radius 2 is 1.95 bits per heavy atom.